The van der Waals surface area contributed by atoms with Crippen molar-refractivity contribution in [2.24, 2.45) is 15.0 Å². The molecule has 2 aromatic rings. The average Bonchev–Trinajstić information content (AvgIpc) is 1.37. The van der Waals surface area contributed by atoms with Gasteiger partial charge in [-0.1, -0.05) is 12.2 Å². The first kappa shape index (κ1) is 90.4. The van der Waals surface area contributed by atoms with E-state index in [4.69, 9.17) is 52.9 Å². The first-order valence-electron chi connectivity index (χ1n) is 40.2. The number of benzene rings is 1. The van der Waals surface area contributed by atoms with E-state index in [9.17, 15) is 28.8 Å². The van der Waals surface area contributed by atoms with Gasteiger partial charge in [0.05, 0.1) is 137 Å². The van der Waals surface area contributed by atoms with Crippen molar-refractivity contribution in [2.45, 2.75) is 261 Å². The van der Waals surface area contributed by atoms with Crippen LogP contribution < -0.4 is 14.3 Å². The number of aromatic amines is 1. The van der Waals surface area contributed by atoms with Crippen molar-refractivity contribution in [1.29, 1.82) is 0 Å². The van der Waals surface area contributed by atoms with Crippen LogP contribution in [0.15, 0.2) is 154 Å². The lowest BCUT2D eigenvalue weighted by molar-refractivity contribution is -0.156. The Morgan fingerprint density at radius 2 is 0.750 bits per heavy atom. The molecule has 2 N–H and O–H groups in total. The van der Waals surface area contributed by atoms with Crippen LogP contribution in [0, 0.1) is 0 Å². The number of H-pyrrole nitrogens is 1. The van der Waals surface area contributed by atoms with E-state index in [0.29, 0.717) is 164 Å². The molecule has 0 fully saturated rings. The quantitative estimate of drug-likeness (QED) is 0.0208. The first-order chi connectivity index (χ1) is 52.5. The number of nitrogens with one attached hydrogen (secondary N) is 2. The zero-order valence-electron chi connectivity index (χ0n) is 70.9. The van der Waals surface area contributed by atoms with Crippen molar-refractivity contribution in [3.63, 3.8) is 0 Å². The second-order valence-corrected chi connectivity index (χ2v) is 35.5. The summed E-state index contributed by atoms with van der Waals surface area (Å²) >= 11 is 0. The van der Waals surface area contributed by atoms with Crippen LogP contribution in [0.1, 0.15) is 244 Å². The van der Waals surface area contributed by atoms with Gasteiger partial charge in [-0.05, 0) is 204 Å². The molecule has 0 saturated carbocycles. The molecule has 22 heteroatoms. The summed E-state index contributed by atoms with van der Waals surface area (Å²) < 4.78 is 48.4. The van der Waals surface area contributed by atoms with Crippen LogP contribution in [0.25, 0.3) is 11.1 Å². The van der Waals surface area contributed by atoms with Crippen LogP contribution in [0.5, 0.6) is 0 Å². The Kier molecular flexibility index (Phi) is 32.1. The second kappa shape index (κ2) is 39.8. The number of hydrogen-bond donors (Lipinski definition) is 2. The summed E-state index contributed by atoms with van der Waals surface area (Å²) in [4.78, 5) is 107. The van der Waals surface area contributed by atoms with Gasteiger partial charge in [-0.15, -0.1) is 13.2 Å². The molecule has 0 unspecified atom stereocenters. The van der Waals surface area contributed by atoms with Crippen LogP contribution in [0.2, 0.25) is 0 Å². The molecule has 5 aliphatic rings. The first-order valence-corrected chi connectivity index (χ1v) is 40.2. The highest BCUT2D eigenvalue weighted by Crippen LogP contribution is 2.43. The van der Waals surface area contributed by atoms with E-state index in [1.165, 1.54) is 0 Å². The molecule has 612 valence electrons. The molecule has 0 atom stereocenters. The molecule has 6 heterocycles. The standard InChI is InChI=1S/C90H130N8O14/c1-22-56-105-58-30-32-66-68-40-44-72(92-68)82(73-45-41-69(93-73)67(33-31-59-106-57-23-2)71-43-47-75(95-71)83(74-46-42-70(66)94-74)84-91-48-49-96(84)21)63-60-64(97(50-24-34-76(99)107-85(3,4)5,51-25-35-77(100)108-86(6,7)8)52-26-36-78(101)109-87(9,10)11)62-65(61-63)98(53-27-37-79(102)110-88(12,13)14,54-28-38-80(103)111-89(15,16)17)55-29-39-81(104)112-90(18,19)20/h22-23,40-49,60-62,91-92H,1-2,24-39,50-59H2,3-21H3/q+2/b70-66?,71-67?,82-73?,84-83+. The van der Waals surface area contributed by atoms with Crippen molar-refractivity contribution in [1.82, 2.24) is 24.2 Å². The lowest BCUT2D eigenvalue weighted by atomic mass is 9.96. The van der Waals surface area contributed by atoms with E-state index >= 15 is 0 Å². The van der Waals surface area contributed by atoms with Gasteiger partial charge in [0, 0.05) is 111 Å². The van der Waals surface area contributed by atoms with E-state index in [-0.39, 0.29) is 83.3 Å². The maximum absolute atomic E-state index is 14.1. The molecule has 0 saturated heterocycles. The third-order valence-corrected chi connectivity index (χ3v) is 18.5. The van der Waals surface area contributed by atoms with E-state index in [1.807, 2.05) is 179 Å². The largest absolute Gasteiger partial charge is 0.460 e. The maximum Gasteiger partial charge on any atom is 0.306 e. The van der Waals surface area contributed by atoms with Gasteiger partial charge in [-0.3, -0.25) is 37.7 Å². The molecule has 0 spiro atoms. The summed E-state index contributed by atoms with van der Waals surface area (Å²) in [6, 6.07) is 10.7. The molecular weight excluding hydrogens is 1420 g/mol. The molecule has 0 aliphatic carbocycles. The third kappa shape index (κ3) is 29.0. The molecule has 112 heavy (non-hydrogen) atoms. The Hall–Kier alpha value is -8.83. The number of ether oxygens (including phenoxy) is 8. The van der Waals surface area contributed by atoms with Crippen molar-refractivity contribution in [3.8, 4) is 0 Å². The lowest BCUT2D eigenvalue weighted by Crippen LogP contribution is -2.54. The van der Waals surface area contributed by atoms with Crippen LogP contribution in [0.4, 0.5) is 11.4 Å². The molecule has 5 aliphatic heterocycles. The van der Waals surface area contributed by atoms with Gasteiger partial charge < -0.3 is 53.1 Å². The SMILES string of the molecule is C=CCOCCCC1=C2C=CC(=N2)/C(=C2\NC=CN2C)C2=NC(=C(CCCOCC=C)c3ccc([nH]3)C(c3cc([N+](CCCC(=O)OC(C)(C)C)(CCCC(=O)OC(C)(C)C)CCCC(=O)OC(C)(C)C)cc([N+](CCCC(=O)OC(C)(C)C)(CCCC(=O)OC(C)(C)C)CCCC(=O)OC(C)(C)C)c3)=C3C=CC1=N3)C=C2. The number of esters is 6. The lowest BCUT2D eigenvalue weighted by Gasteiger charge is -2.42. The van der Waals surface area contributed by atoms with E-state index in [1.54, 1.807) is 12.2 Å². The predicted molar refractivity (Wildman–Crippen MR) is 448 cm³/mol. The van der Waals surface area contributed by atoms with Gasteiger partial charge in [0.1, 0.15) is 50.8 Å². The van der Waals surface area contributed by atoms with Crippen molar-refractivity contribution >= 4 is 75.5 Å². The van der Waals surface area contributed by atoms with Crippen molar-refractivity contribution in [3.05, 3.63) is 156 Å². The summed E-state index contributed by atoms with van der Waals surface area (Å²) in [5.41, 5.74) is 6.70. The Balaban J connectivity index is 1.67. The fourth-order valence-electron chi connectivity index (χ4n) is 14.3. The number of carbonyl (C=O) groups is 6. The highest BCUT2D eigenvalue weighted by atomic mass is 16.6. The number of rotatable bonds is 39. The maximum atomic E-state index is 14.1. The van der Waals surface area contributed by atoms with Crippen LogP contribution in [-0.4, -0.2) is 169 Å². The Bertz CT molecular complexity index is 3790. The normalized spacial score (nSPS) is 16.1. The molecule has 8 bridgehead atoms. The Morgan fingerprint density at radius 3 is 1.10 bits per heavy atom. The molecule has 22 nitrogen and oxygen atoms in total. The highest BCUT2D eigenvalue weighted by molar-refractivity contribution is 6.34. The minimum atomic E-state index is -0.774. The van der Waals surface area contributed by atoms with Gasteiger partial charge in [0.15, 0.2) is 0 Å². The summed E-state index contributed by atoms with van der Waals surface area (Å²) in [5, 5.41) is 3.48. The van der Waals surface area contributed by atoms with Crippen LogP contribution >= 0.6 is 0 Å². The highest BCUT2D eigenvalue weighted by Gasteiger charge is 2.40. The number of carbonyl (C=O) groups excluding carboxylic acids is 6. The van der Waals surface area contributed by atoms with E-state index < -0.39 is 33.6 Å². The van der Waals surface area contributed by atoms with Gasteiger partial charge in [0.2, 0.25) is 0 Å². The molecule has 7 rings (SSSR count). The fraction of sp³-hybridized carbons (Fsp3) is 0.567. The summed E-state index contributed by atoms with van der Waals surface area (Å²) in [6.45, 7) is 44.6. The number of hydrogen-bond acceptors (Lipinski definition) is 19. The van der Waals surface area contributed by atoms with Gasteiger partial charge in [0.25, 0.3) is 0 Å². The summed E-state index contributed by atoms with van der Waals surface area (Å²) in [6.07, 6.45) is 24.3. The van der Waals surface area contributed by atoms with Gasteiger partial charge in [-0.25, -0.2) is 15.0 Å². The minimum Gasteiger partial charge on any atom is -0.460 e. The Morgan fingerprint density at radius 1 is 0.420 bits per heavy atom. The zero-order valence-corrected chi connectivity index (χ0v) is 70.9. The van der Waals surface area contributed by atoms with Crippen LogP contribution in [-0.2, 0) is 66.7 Å². The number of aliphatic imine (C=N–C) groups is 3. The number of allylic oxidation sites excluding steroid dienone is 9. The Labute approximate surface area is 667 Å². The van der Waals surface area contributed by atoms with Crippen LogP contribution in [0.3, 0.4) is 0 Å². The molecule has 0 amide bonds. The van der Waals surface area contributed by atoms with Crippen molar-refractivity contribution in [2.75, 3.05) is 72.7 Å². The number of nitrogens with zero attached hydrogens (tertiary/aromatic N) is 6. The number of fused-ring (bicyclic) bond motifs is 5. The topological polar surface area (TPSA) is 244 Å². The monoisotopic (exact) mass is 1550 g/mol. The molecule has 1 aromatic carbocycles. The number of aromatic nitrogens is 1. The van der Waals surface area contributed by atoms with Gasteiger partial charge in [-0.2, -0.15) is 0 Å². The number of quaternary nitrogens is 2. The van der Waals surface area contributed by atoms with Crippen molar-refractivity contribution < 1.29 is 66.7 Å². The smallest absolute Gasteiger partial charge is 0.306 e. The van der Waals surface area contributed by atoms with Gasteiger partial charge >= 0.3 is 35.8 Å². The molecule has 1 aromatic heterocycles. The molecule has 0 radical (unpaired) electrons. The minimum absolute atomic E-state index is 0.0482. The second-order valence-electron chi connectivity index (χ2n) is 35.5. The predicted octanol–water partition coefficient (Wildman–Crippen LogP) is 17.3. The zero-order chi connectivity index (χ0) is 82.5. The summed E-state index contributed by atoms with van der Waals surface area (Å²) in [7, 11) is 1.99. The van der Waals surface area contributed by atoms with E-state index in [2.05, 4.69) is 59.9 Å². The third-order valence-electron chi connectivity index (χ3n) is 18.5. The summed E-state index contributed by atoms with van der Waals surface area (Å²) in [5.74, 6) is -1.45. The van der Waals surface area contributed by atoms with E-state index in [0.717, 1.165) is 56.7 Å². The fourth-order valence-corrected chi connectivity index (χ4v) is 14.3. The molecular formula is C90H130N8O14+2. The average molecular weight is 1550 g/mol.